The minimum Gasteiger partial charge on any atom is -0.368 e. The van der Waals surface area contributed by atoms with Crippen molar-refractivity contribution < 1.29 is 8.78 Å². The number of thioether (sulfide) groups is 1. The Morgan fingerprint density at radius 3 is 2.89 bits per heavy atom. The first-order valence-electron chi connectivity index (χ1n) is 6.54. The molecule has 1 saturated heterocycles. The van der Waals surface area contributed by atoms with Gasteiger partial charge in [-0.05, 0) is 18.6 Å². The molecule has 0 saturated carbocycles. The Labute approximate surface area is 116 Å². The molecule has 0 amide bonds. The van der Waals surface area contributed by atoms with Crippen molar-refractivity contribution >= 4 is 23.4 Å². The molecule has 3 nitrogen and oxygen atoms in total. The van der Waals surface area contributed by atoms with E-state index in [1.54, 1.807) is 0 Å². The van der Waals surface area contributed by atoms with E-state index in [0.29, 0.717) is 6.54 Å². The summed E-state index contributed by atoms with van der Waals surface area (Å²) in [4.78, 5) is 5.93. The Morgan fingerprint density at radius 1 is 1.47 bits per heavy atom. The second kappa shape index (κ2) is 6.41. The summed E-state index contributed by atoms with van der Waals surface area (Å²) in [6, 6.07) is 1.19. The van der Waals surface area contributed by atoms with Crippen LogP contribution in [-0.4, -0.2) is 36.1 Å². The third kappa shape index (κ3) is 3.29. The van der Waals surface area contributed by atoms with Gasteiger partial charge >= 0.3 is 0 Å². The van der Waals surface area contributed by atoms with E-state index in [2.05, 4.69) is 10.3 Å². The van der Waals surface area contributed by atoms with E-state index in [0.717, 1.165) is 30.4 Å². The first-order valence-corrected chi connectivity index (χ1v) is 7.69. The van der Waals surface area contributed by atoms with Crippen LogP contribution in [0.2, 0.25) is 0 Å². The van der Waals surface area contributed by atoms with Gasteiger partial charge in [0.15, 0.2) is 23.3 Å². The van der Waals surface area contributed by atoms with Crippen molar-refractivity contribution in [1.82, 2.24) is 4.98 Å². The van der Waals surface area contributed by atoms with E-state index in [4.69, 9.17) is 0 Å². The predicted molar refractivity (Wildman–Crippen MR) is 77.1 cm³/mol. The molecule has 19 heavy (non-hydrogen) atoms. The molecule has 2 heterocycles. The summed E-state index contributed by atoms with van der Waals surface area (Å²) >= 11 is 1.85. The molecule has 0 radical (unpaired) electrons. The van der Waals surface area contributed by atoms with Crippen molar-refractivity contribution in [3.8, 4) is 0 Å². The number of anilines is 2. The molecule has 1 aliphatic heterocycles. The molecule has 1 aliphatic rings. The van der Waals surface area contributed by atoms with E-state index < -0.39 is 11.6 Å². The maximum atomic E-state index is 13.9. The molecule has 0 bridgehead atoms. The smallest absolute Gasteiger partial charge is 0.168 e. The van der Waals surface area contributed by atoms with Crippen LogP contribution in [0.1, 0.15) is 19.8 Å². The third-order valence-corrected chi connectivity index (χ3v) is 4.39. The molecule has 6 heteroatoms. The van der Waals surface area contributed by atoms with Crippen molar-refractivity contribution in [2.24, 2.45) is 0 Å². The highest BCUT2D eigenvalue weighted by molar-refractivity contribution is 7.99. The van der Waals surface area contributed by atoms with Crippen molar-refractivity contribution in [2.45, 2.75) is 25.8 Å². The lowest BCUT2D eigenvalue weighted by molar-refractivity contribution is 0.564. The fourth-order valence-electron chi connectivity index (χ4n) is 2.07. The lowest BCUT2D eigenvalue weighted by Gasteiger charge is -2.25. The third-order valence-electron chi connectivity index (χ3n) is 3.24. The quantitative estimate of drug-likeness (QED) is 0.900. The van der Waals surface area contributed by atoms with Gasteiger partial charge in [-0.3, -0.25) is 0 Å². The minimum absolute atomic E-state index is 0.135. The number of halogens is 2. The zero-order chi connectivity index (χ0) is 13.8. The molecule has 1 unspecified atom stereocenters. The van der Waals surface area contributed by atoms with Crippen LogP contribution < -0.4 is 10.2 Å². The molecule has 0 aromatic carbocycles. The average Bonchev–Trinajstić information content (AvgIpc) is 2.91. The van der Waals surface area contributed by atoms with Crippen molar-refractivity contribution in [1.29, 1.82) is 0 Å². The molecular weight excluding hydrogens is 268 g/mol. The van der Waals surface area contributed by atoms with Crippen LogP contribution in [0.15, 0.2) is 6.07 Å². The normalized spacial score (nSPS) is 18.6. The van der Waals surface area contributed by atoms with E-state index in [9.17, 15) is 8.78 Å². The zero-order valence-corrected chi connectivity index (χ0v) is 12.1. The number of nitrogens with zero attached hydrogens (tertiary/aromatic N) is 2. The molecule has 1 N–H and O–H groups in total. The second-order valence-corrected chi connectivity index (χ2v) is 5.83. The minimum atomic E-state index is -0.635. The van der Waals surface area contributed by atoms with Crippen LogP contribution in [0, 0.1) is 11.6 Å². The van der Waals surface area contributed by atoms with Crippen molar-refractivity contribution in [3.63, 3.8) is 0 Å². The van der Waals surface area contributed by atoms with Gasteiger partial charge in [-0.15, -0.1) is 0 Å². The molecule has 0 spiro atoms. The zero-order valence-electron chi connectivity index (χ0n) is 11.2. The van der Waals surface area contributed by atoms with Crippen LogP contribution in [0.3, 0.4) is 0 Å². The Bertz CT molecular complexity index is 436. The largest absolute Gasteiger partial charge is 0.368 e. The molecule has 2 rings (SSSR count). The monoisotopic (exact) mass is 287 g/mol. The van der Waals surface area contributed by atoms with E-state index >= 15 is 0 Å². The summed E-state index contributed by atoms with van der Waals surface area (Å²) in [5, 5.41) is 2.89. The van der Waals surface area contributed by atoms with Gasteiger partial charge in [-0.1, -0.05) is 6.92 Å². The second-order valence-electron chi connectivity index (χ2n) is 4.68. The molecule has 1 aromatic heterocycles. The maximum absolute atomic E-state index is 13.9. The lowest BCUT2D eigenvalue weighted by atomic mass is 10.2. The summed E-state index contributed by atoms with van der Waals surface area (Å²) in [7, 11) is 1.82. The Kier molecular flexibility index (Phi) is 4.85. The maximum Gasteiger partial charge on any atom is 0.168 e. The first kappa shape index (κ1) is 14.4. The van der Waals surface area contributed by atoms with Gasteiger partial charge in [-0.25, -0.2) is 13.8 Å². The molecule has 106 valence electrons. The highest BCUT2D eigenvalue weighted by Crippen LogP contribution is 2.28. The average molecular weight is 287 g/mol. The fraction of sp³-hybridized carbons (Fsp3) is 0.615. The van der Waals surface area contributed by atoms with Gasteiger partial charge < -0.3 is 10.2 Å². The fourth-order valence-corrected chi connectivity index (χ4v) is 3.34. The standard InChI is InChI=1S/C13H19F2N3S/c1-3-5-16-12-10(14)7-11(15)13(17-12)18(2)9-4-6-19-8-9/h7,9H,3-6,8H2,1-2H3,(H,16,17). The number of pyridine rings is 1. The first-order chi connectivity index (χ1) is 9.13. The molecule has 0 aliphatic carbocycles. The summed E-state index contributed by atoms with van der Waals surface area (Å²) in [5.41, 5.74) is 0. The van der Waals surface area contributed by atoms with Crippen LogP contribution in [0.25, 0.3) is 0 Å². The highest BCUT2D eigenvalue weighted by atomic mass is 32.2. The summed E-state index contributed by atoms with van der Waals surface area (Å²) in [6.07, 6.45) is 1.88. The Morgan fingerprint density at radius 2 is 2.26 bits per heavy atom. The summed E-state index contributed by atoms with van der Waals surface area (Å²) in [6.45, 7) is 2.61. The van der Waals surface area contributed by atoms with Crippen molar-refractivity contribution in [2.75, 3.05) is 35.3 Å². The van der Waals surface area contributed by atoms with Crippen LogP contribution in [0.5, 0.6) is 0 Å². The van der Waals surface area contributed by atoms with Crippen LogP contribution in [-0.2, 0) is 0 Å². The van der Waals surface area contributed by atoms with Gasteiger partial charge in [0.05, 0.1) is 0 Å². The SMILES string of the molecule is CCCNc1nc(N(C)C2CCSC2)c(F)cc1F. The molecule has 1 fully saturated rings. The van der Waals surface area contributed by atoms with Gasteiger partial charge in [0.1, 0.15) is 0 Å². The Balaban J connectivity index is 2.22. The van der Waals surface area contributed by atoms with Crippen molar-refractivity contribution in [3.05, 3.63) is 17.7 Å². The van der Waals surface area contributed by atoms with Crippen LogP contribution in [0.4, 0.5) is 20.4 Å². The van der Waals surface area contributed by atoms with E-state index in [-0.39, 0.29) is 17.7 Å². The van der Waals surface area contributed by atoms with Gasteiger partial charge in [-0.2, -0.15) is 11.8 Å². The number of rotatable bonds is 5. The molecule has 1 atom stereocenters. The van der Waals surface area contributed by atoms with Gasteiger partial charge in [0, 0.05) is 31.5 Å². The number of nitrogens with one attached hydrogen (secondary N) is 1. The highest BCUT2D eigenvalue weighted by Gasteiger charge is 2.24. The molecule has 1 aromatic rings. The topological polar surface area (TPSA) is 28.2 Å². The Hall–Kier alpha value is -1.04. The van der Waals surface area contributed by atoms with Gasteiger partial charge in [0.2, 0.25) is 0 Å². The summed E-state index contributed by atoms with van der Waals surface area (Å²) < 4.78 is 27.5. The van der Waals surface area contributed by atoms with E-state index in [1.807, 2.05) is 30.6 Å². The number of hydrogen-bond donors (Lipinski definition) is 1. The van der Waals surface area contributed by atoms with E-state index in [1.165, 1.54) is 0 Å². The lowest BCUT2D eigenvalue weighted by Crippen LogP contribution is -2.33. The summed E-state index contributed by atoms with van der Waals surface area (Å²) in [5.74, 6) is 1.18. The number of hydrogen-bond acceptors (Lipinski definition) is 4. The van der Waals surface area contributed by atoms with Crippen LogP contribution >= 0.6 is 11.8 Å². The van der Waals surface area contributed by atoms with Gasteiger partial charge in [0.25, 0.3) is 0 Å². The predicted octanol–water partition coefficient (Wildman–Crippen LogP) is 3.12. The molecular formula is C13H19F2N3S. The number of aromatic nitrogens is 1.